The zero-order valence-electron chi connectivity index (χ0n) is 15.0. The van der Waals surface area contributed by atoms with Crippen LogP contribution >= 0.6 is 34.4 Å². The first kappa shape index (κ1) is 19.5. The minimum absolute atomic E-state index is 0.186. The molecular formula is C21H19IN2O3S. The van der Waals surface area contributed by atoms with Crippen LogP contribution in [-0.2, 0) is 14.3 Å². The van der Waals surface area contributed by atoms with Gasteiger partial charge in [-0.1, -0.05) is 83.3 Å². The van der Waals surface area contributed by atoms with Crippen molar-refractivity contribution in [2.24, 2.45) is 5.73 Å². The number of carbonyl (C=O) groups excluding carboxylic acids is 2. The maximum Gasteiger partial charge on any atom is 0.356 e. The van der Waals surface area contributed by atoms with Crippen molar-refractivity contribution in [3.63, 3.8) is 0 Å². The van der Waals surface area contributed by atoms with Gasteiger partial charge in [0.1, 0.15) is 17.1 Å². The number of carbonyl (C=O) groups is 2. The van der Waals surface area contributed by atoms with Crippen LogP contribution in [0, 0.1) is 0 Å². The molecule has 1 amide bonds. The fourth-order valence-corrected chi connectivity index (χ4v) is 5.71. The fourth-order valence-electron chi connectivity index (χ4n) is 3.42. The third kappa shape index (κ3) is 3.46. The number of alkyl halides is 1. The van der Waals surface area contributed by atoms with Gasteiger partial charge in [0, 0.05) is 10.2 Å². The van der Waals surface area contributed by atoms with E-state index >= 15 is 0 Å². The number of β-lactam (4-membered cyclic amide) rings is 1. The molecule has 2 aromatic carbocycles. The van der Waals surface area contributed by atoms with Crippen LogP contribution in [0.4, 0.5) is 0 Å². The molecule has 2 heterocycles. The summed E-state index contributed by atoms with van der Waals surface area (Å²) in [5.41, 5.74) is 8.96. The van der Waals surface area contributed by atoms with Crippen molar-refractivity contribution >= 4 is 46.2 Å². The van der Waals surface area contributed by atoms with E-state index in [4.69, 9.17) is 10.5 Å². The summed E-state index contributed by atoms with van der Waals surface area (Å²) in [4.78, 5) is 27.1. The number of hydrogen-bond donors (Lipinski definition) is 1. The fraction of sp³-hybridized carbons (Fsp3) is 0.238. The summed E-state index contributed by atoms with van der Waals surface area (Å²) in [5, 5.41) is -0.186. The number of fused-ring (bicyclic) bond motifs is 1. The van der Waals surface area contributed by atoms with Gasteiger partial charge in [-0.15, -0.1) is 11.8 Å². The predicted molar refractivity (Wildman–Crippen MR) is 118 cm³/mol. The largest absolute Gasteiger partial charge is 0.448 e. The smallest absolute Gasteiger partial charge is 0.356 e. The van der Waals surface area contributed by atoms with E-state index in [-0.39, 0.29) is 11.3 Å². The quantitative estimate of drug-likeness (QED) is 0.292. The maximum absolute atomic E-state index is 13.2. The number of benzene rings is 2. The molecule has 1 unspecified atom stereocenters. The lowest BCUT2D eigenvalue weighted by Gasteiger charge is -2.48. The van der Waals surface area contributed by atoms with Crippen LogP contribution in [0.15, 0.2) is 71.9 Å². The molecule has 7 heteroatoms. The minimum Gasteiger partial charge on any atom is -0.448 e. The molecule has 2 atom stereocenters. The molecule has 2 aliphatic heterocycles. The van der Waals surface area contributed by atoms with Crippen LogP contribution in [0.2, 0.25) is 0 Å². The molecule has 144 valence electrons. The van der Waals surface area contributed by atoms with E-state index in [1.807, 2.05) is 60.7 Å². The summed E-state index contributed by atoms with van der Waals surface area (Å²) < 4.78 is 6.64. The van der Waals surface area contributed by atoms with Gasteiger partial charge in [0.05, 0.1) is 0 Å². The Morgan fingerprint density at radius 2 is 1.71 bits per heavy atom. The third-order valence-electron chi connectivity index (χ3n) is 4.87. The van der Waals surface area contributed by atoms with Crippen molar-refractivity contribution in [2.75, 3.05) is 10.2 Å². The van der Waals surface area contributed by atoms with Crippen molar-refractivity contribution in [1.82, 2.24) is 4.90 Å². The van der Waals surface area contributed by atoms with Crippen molar-refractivity contribution in [3.8, 4) is 0 Å². The van der Waals surface area contributed by atoms with Gasteiger partial charge < -0.3 is 10.5 Å². The van der Waals surface area contributed by atoms with Gasteiger partial charge >= 0.3 is 5.97 Å². The Morgan fingerprint density at radius 3 is 2.25 bits per heavy atom. The first-order chi connectivity index (χ1) is 13.6. The molecular weight excluding hydrogens is 487 g/mol. The number of halogens is 1. The van der Waals surface area contributed by atoms with Crippen molar-refractivity contribution in [3.05, 3.63) is 83.1 Å². The minimum atomic E-state index is -0.553. The molecule has 28 heavy (non-hydrogen) atoms. The number of thioether (sulfide) groups is 1. The van der Waals surface area contributed by atoms with Crippen LogP contribution in [0.1, 0.15) is 17.2 Å². The van der Waals surface area contributed by atoms with Crippen LogP contribution in [0.25, 0.3) is 0 Å². The molecule has 0 bridgehead atoms. The number of nitrogens with two attached hydrogens (primary N) is 1. The van der Waals surface area contributed by atoms with Gasteiger partial charge in [-0.3, -0.25) is 9.69 Å². The molecule has 5 nitrogen and oxygen atoms in total. The van der Waals surface area contributed by atoms with E-state index in [1.165, 1.54) is 4.90 Å². The molecule has 0 radical (unpaired) electrons. The average molecular weight is 506 g/mol. The number of amides is 1. The van der Waals surface area contributed by atoms with Gasteiger partial charge in [-0.05, 0) is 16.7 Å². The second kappa shape index (κ2) is 8.26. The molecule has 2 N–H and O–H groups in total. The van der Waals surface area contributed by atoms with Crippen LogP contribution in [0.3, 0.4) is 0 Å². The highest BCUT2D eigenvalue weighted by atomic mass is 127. The molecule has 1 saturated heterocycles. The summed E-state index contributed by atoms with van der Waals surface area (Å²) in [6, 6.07) is 18.7. The first-order valence-electron chi connectivity index (χ1n) is 8.91. The van der Waals surface area contributed by atoms with E-state index in [9.17, 15) is 9.59 Å². The summed E-state index contributed by atoms with van der Waals surface area (Å²) in [6.07, 6.45) is -0.545. The van der Waals surface area contributed by atoms with Gasteiger partial charge in [-0.25, -0.2) is 4.79 Å². The number of ether oxygens (including phenoxy) is 1. The lowest BCUT2D eigenvalue weighted by molar-refractivity contribution is -0.153. The Hall–Kier alpha value is -1.84. The van der Waals surface area contributed by atoms with Gasteiger partial charge in [0.15, 0.2) is 6.10 Å². The van der Waals surface area contributed by atoms with E-state index < -0.39 is 18.1 Å². The van der Waals surface area contributed by atoms with Crippen LogP contribution < -0.4 is 5.73 Å². The molecule has 0 saturated carbocycles. The molecule has 0 aliphatic carbocycles. The Morgan fingerprint density at radius 1 is 1.14 bits per heavy atom. The number of esters is 1. The van der Waals surface area contributed by atoms with Gasteiger partial charge in [0.2, 0.25) is 5.91 Å². The van der Waals surface area contributed by atoms with Crippen molar-refractivity contribution in [1.29, 1.82) is 0 Å². The van der Waals surface area contributed by atoms with Gasteiger partial charge in [0.25, 0.3) is 0 Å². The Labute approximate surface area is 181 Å². The molecule has 2 aromatic rings. The van der Waals surface area contributed by atoms with Crippen LogP contribution in [0.5, 0.6) is 0 Å². The van der Waals surface area contributed by atoms with Gasteiger partial charge in [-0.2, -0.15) is 0 Å². The highest BCUT2D eigenvalue weighted by molar-refractivity contribution is 14.1. The topological polar surface area (TPSA) is 72.6 Å². The Balaban J connectivity index is 1.68. The summed E-state index contributed by atoms with van der Waals surface area (Å²) in [7, 11) is 0. The zero-order chi connectivity index (χ0) is 19.7. The Bertz CT molecular complexity index is 880. The molecule has 0 aromatic heterocycles. The monoisotopic (exact) mass is 506 g/mol. The van der Waals surface area contributed by atoms with Crippen LogP contribution in [-0.4, -0.2) is 38.4 Å². The number of nitrogens with zero attached hydrogens (tertiary/aromatic N) is 1. The lowest BCUT2D eigenvalue weighted by Crippen LogP contribution is -2.68. The average Bonchev–Trinajstić information content (AvgIpc) is 2.76. The second-order valence-corrected chi connectivity index (χ2v) is 8.50. The maximum atomic E-state index is 13.2. The van der Waals surface area contributed by atoms with E-state index in [0.717, 1.165) is 16.7 Å². The molecule has 0 spiro atoms. The first-order valence-corrected chi connectivity index (χ1v) is 11.5. The summed E-state index contributed by atoms with van der Waals surface area (Å²) >= 11 is 3.82. The van der Waals surface area contributed by atoms with E-state index in [2.05, 4.69) is 22.6 Å². The third-order valence-corrected chi connectivity index (χ3v) is 7.15. The van der Waals surface area contributed by atoms with Crippen molar-refractivity contribution in [2.45, 2.75) is 17.5 Å². The number of hydrogen-bond acceptors (Lipinski definition) is 5. The standard InChI is InChI=1S/C21H19IN2O3S/c22-11-15-12-28-20-16(23)19(25)24(20)17(15)21(26)27-18(13-7-3-1-4-8-13)14-9-5-2-6-10-14/h1-10,16,18,20H,11-12,23H2/t16?,20-/m1/s1. The highest BCUT2D eigenvalue weighted by Gasteiger charge is 2.52. The predicted octanol–water partition coefficient (Wildman–Crippen LogP) is 3.25. The summed E-state index contributed by atoms with van der Waals surface area (Å²) in [6.45, 7) is 0. The normalized spacial score (nSPS) is 21.4. The highest BCUT2D eigenvalue weighted by Crippen LogP contribution is 2.41. The molecule has 2 aliphatic rings. The van der Waals surface area contributed by atoms with E-state index in [1.54, 1.807) is 11.8 Å². The summed E-state index contributed by atoms with van der Waals surface area (Å²) in [5.74, 6) is -0.0194. The molecule has 1 fully saturated rings. The Kier molecular flexibility index (Phi) is 5.75. The SMILES string of the molecule is NC1C(=O)N2C(C(=O)OC(c3ccccc3)c3ccccc3)=C(CI)CS[C@H]12. The number of rotatable bonds is 5. The molecule has 4 rings (SSSR count). The lowest BCUT2D eigenvalue weighted by atomic mass is 10.0. The van der Waals surface area contributed by atoms with E-state index in [0.29, 0.717) is 15.9 Å². The second-order valence-electron chi connectivity index (χ2n) is 6.63. The zero-order valence-corrected chi connectivity index (χ0v) is 17.9. The van der Waals surface area contributed by atoms with Crippen molar-refractivity contribution < 1.29 is 14.3 Å².